The summed E-state index contributed by atoms with van der Waals surface area (Å²) in [6.45, 7) is 8.69. The molecule has 0 aromatic heterocycles. The lowest BCUT2D eigenvalue weighted by atomic mass is 9.82. The topological polar surface area (TPSA) is 81.5 Å². The standard InChI is InChI=1S/C22H28N2O4/c1-5-22(3,4)17-9-12-19(13-10-17)28-14-6-7-21(25)23-18-11-8-16(2)20(15-18)24(26)27/h8-13,15H,5-7,14H2,1-4H3,(H,23,25). The van der Waals surface area contributed by atoms with E-state index >= 15 is 0 Å². The molecule has 0 aliphatic carbocycles. The van der Waals surface area contributed by atoms with Gasteiger partial charge in [0.05, 0.1) is 11.5 Å². The predicted octanol–water partition coefficient (Wildman–Crippen LogP) is 5.39. The number of ether oxygens (including phenoxy) is 1. The van der Waals surface area contributed by atoms with Crippen LogP contribution < -0.4 is 10.1 Å². The number of carbonyl (C=O) groups excluding carboxylic acids is 1. The highest BCUT2D eigenvalue weighted by atomic mass is 16.6. The molecule has 1 amide bonds. The summed E-state index contributed by atoms with van der Waals surface area (Å²) in [5.74, 6) is 0.590. The predicted molar refractivity (Wildman–Crippen MR) is 111 cm³/mol. The van der Waals surface area contributed by atoms with Crippen molar-refractivity contribution in [3.05, 3.63) is 63.7 Å². The maximum Gasteiger partial charge on any atom is 0.274 e. The van der Waals surface area contributed by atoms with Crippen molar-refractivity contribution in [2.75, 3.05) is 11.9 Å². The lowest BCUT2D eigenvalue weighted by Crippen LogP contribution is -2.15. The van der Waals surface area contributed by atoms with Crippen molar-refractivity contribution in [3.8, 4) is 5.75 Å². The Labute approximate surface area is 166 Å². The van der Waals surface area contributed by atoms with Crippen LogP contribution in [0.5, 0.6) is 5.75 Å². The summed E-state index contributed by atoms with van der Waals surface area (Å²) in [6, 6.07) is 12.7. The quantitative estimate of drug-likeness (QED) is 0.357. The summed E-state index contributed by atoms with van der Waals surface area (Å²) < 4.78 is 5.70. The van der Waals surface area contributed by atoms with Gasteiger partial charge in [0.15, 0.2) is 0 Å². The first-order valence-corrected chi connectivity index (χ1v) is 9.51. The summed E-state index contributed by atoms with van der Waals surface area (Å²) in [5, 5.41) is 13.7. The molecular weight excluding hydrogens is 356 g/mol. The molecule has 0 saturated heterocycles. The number of nitrogens with zero attached hydrogens (tertiary/aromatic N) is 1. The highest BCUT2D eigenvalue weighted by molar-refractivity contribution is 5.91. The average Bonchev–Trinajstić information content (AvgIpc) is 2.67. The molecule has 0 atom stereocenters. The summed E-state index contributed by atoms with van der Waals surface area (Å²) in [4.78, 5) is 22.6. The van der Waals surface area contributed by atoms with Gasteiger partial charge in [0.25, 0.3) is 5.69 Å². The van der Waals surface area contributed by atoms with Crippen LogP contribution in [-0.2, 0) is 10.2 Å². The van der Waals surface area contributed by atoms with E-state index in [1.165, 1.54) is 11.6 Å². The highest BCUT2D eigenvalue weighted by Gasteiger charge is 2.17. The lowest BCUT2D eigenvalue weighted by molar-refractivity contribution is -0.385. The molecule has 150 valence electrons. The van der Waals surface area contributed by atoms with Gasteiger partial charge in [-0.05, 0) is 48.9 Å². The van der Waals surface area contributed by atoms with Crippen molar-refractivity contribution in [1.29, 1.82) is 0 Å². The third-order valence-corrected chi connectivity index (χ3v) is 5.03. The fourth-order valence-electron chi connectivity index (χ4n) is 2.74. The van der Waals surface area contributed by atoms with Crippen LogP contribution in [0.2, 0.25) is 0 Å². The van der Waals surface area contributed by atoms with Gasteiger partial charge in [-0.15, -0.1) is 0 Å². The van der Waals surface area contributed by atoms with Crippen LogP contribution in [-0.4, -0.2) is 17.4 Å². The number of nitrogens with one attached hydrogen (secondary N) is 1. The van der Waals surface area contributed by atoms with Gasteiger partial charge in [-0.2, -0.15) is 0 Å². The van der Waals surface area contributed by atoms with Gasteiger partial charge in [0, 0.05) is 23.7 Å². The van der Waals surface area contributed by atoms with Gasteiger partial charge in [0.1, 0.15) is 5.75 Å². The first-order valence-electron chi connectivity index (χ1n) is 9.51. The number of hydrogen-bond donors (Lipinski definition) is 1. The largest absolute Gasteiger partial charge is 0.494 e. The maximum atomic E-state index is 12.0. The molecule has 6 nitrogen and oxygen atoms in total. The molecule has 2 aromatic rings. The van der Waals surface area contributed by atoms with Gasteiger partial charge in [-0.1, -0.05) is 39.0 Å². The Balaban J connectivity index is 1.78. The third-order valence-electron chi connectivity index (χ3n) is 5.03. The molecule has 0 aliphatic rings. The zero-order chi connectivity index (χ0) is 20.7. The molecule has 2 aromatic carbocycles. The van der Waals surface area contributed by atoms with E-state index in [0.29, 0.717) is 24.3 Å². The molecule has 0 spiro atoms. The van der Waals surface area contributed by atoms with Crippen molar-refractivity contribution >= 4 is 17.3 Å². The second-order valence-electron chi connectivity index (χ2n) is 7.52. The number of aryl methyl sites for hydroxylation is 1. The molecule has 0 saturated carbocycles. The number of nitro groups is 1. The van der Waals surface area contributed by atoms with E-state index in [1.54, 1.807) is 19.1 Å². The molecule has 0 radical (unpaired) electrons. The minimum atomic E-state index is -0.453. The molecule has 0 heterocycles. The Morgan fingerprint density at radius 1 is 1.18 bits per heavy atom. The van der Waals surface area contributed by atoms with Crippen LogP contribution in [0.1, 0.15) is 51.2 Å². The van der Waals surface area contributed by atoms with Crippen LogP contribution in [0.3, 0.4) is 0 Å². The number of hydrogen-bond acceptors (Lipinski definition) is 4. The number of nitro benzene ring substituents is 1. The van der Waals surface area contributed by atoms with Crippen molar-refractivity contribution in [2.45, 2.75) is 52.4 Å². The summed E-state index contributed by atoms with van der Waals surface area (Å²) >= 11 is 0. The van der Waals surface area contributed by atoms with E-state index < -0.39 is 4.92 Å². The second-order valence-corrected chi connectivity index (χ2v) is 7.52. The molecular formula is C22H28N2O4. The monoisotopic (exact) mass is 384 g/mol. The fourth-order valence-corrected chi connectivity index (χ4v) is 2.74. The summed E-state index contributed by atoms with van der Waals surface area (Å²) in [5.41, 5.74) is 2.40. The molecule has 6 heteroatoms. The van der Waals surface area contributed by atoms with Gasteiger partial charge >= 0.3 is 0 Å². The Bertz CT molecular complexity index is 829. The van der Waals surface area contributed by atoms with E-state index in [0.717, 1.165) is 12.2 Å². The highest BCUT2D eigenvalue weighted by Crippen LogP contribution is 2.28. The van der Waals surface area contributed by atoms with Crippen molar-refractivity contribution < 1.29 is 14.5 Å². The number of carbonyl (C=O) groups is 1. The average molecular weight is 384 g/mol. The molecule has 28 heavy (non-hydrogen) atoms. The lowest BCUT2D eigenvalue weighted by Gasteiger charge is -2.23. The van der Waals surface area contributed by atoms with Crippen LogP contribution in [0, 0.1) is 17.0 Å². The zero-order valence-corrected chi connectivity index (χ0v) is 17.0. The smallest absolute Gasteiger partial charge is 0.274 e. The van der Waals surface area contributed by atoms with E-state index in [-0.39, 0.29) is 23.4 Å². The van der Waals surface area contributed by atoms with Gasteiger partial charge in [-0.3, -0.25) is 14.9 Å². The Kier molecular flexibility index (Phi) is 7.15. The van der Waals surface area contributed by atoms with Crippen LogP contribution in [0.25, 0.3) is 0 Å². The van der Waals surface area contributed by atoms with Crippen LogP contribution in [0.4, 0.5) is 11.4 Å². The SMILES string of the molecule is CCC(C)(C)c1ccc(OCCCC(=O)Nc2ccc(C)c([N+](=O)[O-])c2)cc1. The molecule has 0 bridgehead atoms. The van der Waals surface area contributed by atoms with Gasteiger partial charge < -0.3 is 10.1 Å². The van der Waals surface area contributed by atoms with E-state index in [1.807, 2.05) is 12.1 Å². The van der Waals surface area contributed by atoms with Crippen molar-refractivity contribution in [3.63, 3.8) is 0 Å². The molecule has 0 fully saturated rings. The van der Waals surface area contributed by atoms with Crippen LogP contribution in [0.15, 0.2) is 42.5 Å². The summed E-state index contributed by atoms with van der Waals surface area (Å²) in [6.07, 6.45) is 1.90. The minimum absolute atomic E-state index is 0.00386. The molecule has 2 rings (SSSR count). The Morgan fingerprint density at radius 3 is 2.46 bits per heavy atom. The Morgan fingerprint density at radius 2 is 1.86 bits per heavy atom. The fraction of sp³-hybridized carbons (Fsp3) is 0.409. The first kappa shape index (κ1) is 21.4. The first-order chi connectivity index (χ1) is 13.2. The van der Waals surface area contributed by atoms with Crippen LogP contribution >= 0.6 is 0 Å². The van der Waals surface area contributed by atoms with Crippen molar-refractivity contribution in [1.82, 2.24) is 0 Å². The number of amides is 1. The van der Waals surface area contributed by atoms with E-state index in [9.17, 15) is 14.9 Å². The maximum absolute atomic E-state index is 12.0. The Hall–Kier alpha value is -2.89. The van der Waals surface area contributed by atoms with Gasteiger partial charge in [0.2, 0.25) is 5.91 Å². The number of benzene rings is 2. The normalized spacial score (nSPS) is 11.1. The second kappa shape index (κ2) is 9.35. The van der Waals surface area contributed by atoms with Crippen molar-refractivity contribution in [2.24, 2.45) is 0 Å². The van der Waals surface area contributed by atoms with Gasteiger partial charge in [-0.25, -0.2) is 0 Å². The van der Waals surface area contributed by atoms with E-state index in [4.69, 9.17) is 4.74 Å². The third kappa shape index (κ3) is 5.81. The molecule has 1 N–H and O–H groups in total. The summed E-state index contributed by atoms with van der Waals surface area (Å²) in [7, 11) is 0. The molecule has 0 unspecified atom stereocenters. The molecule has 0 aliphatic heterocycles. The number of rotatable bonds is 9. The van der Waals surface area contributed by atoms with E-state index in [2.05, 4.69) is 38.2 Å². The number of anilines is 1. The minimum Gasteiger partial charge on any atom is -0.494 e. The zero-order valence-electron chi connectivity index (χ0n) is 17.0.